The highest BCUT2D eigenvalue weighted by atomic mass is 16.4. The van der Waals surface area contributed by atoms with Gasteiger partial charge in [-0.15, -0.1) is 0 Å². The topological polar surface area (TPSA) is 102 Å². The maximum atomic E-state index is 11.7. The van der Waals surface area contributed by atoms with Crippen molar-refractivity contribution >= 4 is 5.97 Å². The summed E-state index contributed by atoms with van der Waals surface area (Å²) in [7, 11) is 0. The molecule has 0 atom stereocenters. The standard InChI is InChI=1S/C24H27N3O2/c1-15(2)11-22-21(14-26)20(17-9-7-16(13-25)8-10-17)12-23(27-22)18-5-3-4-6-19(18)24(28)29/h3-10,12,15H,11,13-14,25-26H2,1-2H3,(H,28,29). The van der Waals surface area contributed by atoms with E-state index in [2.05, 4.69) is 13.8 Å². The Hall–Kier alpha value is -3.02. The van der Waals surface area contributed by atoms with Gasteiger partial charge in [0.15, 0.2) is 0 Å². The van der Waals surface area contributed by atoms with E-state index in [1.54, 1.807) is 18.2 Å². The summed E-state index contributed by atoms with van der Waals surface area (Å²) in [5.74, 6) is -0.574. The quantitative estimate of drug-likeness (QED) is 0.561. The molecule has 0 fully saturated rings. The number of nitrogens with two attached hydrogens (primary N) is 2. The van der Waals surface area contributed by atoms with Crippen LogP contribution < -0.4 is 11.5 Å². The summed E-state index contributed by atoms with van der Waals surface area (Å²) in [4.78, 5) is 16.6. The molecule has 1 heterocycles. The molecule has 0 saturated carbocycles. The van der Waals surface area contributed by atoms with E-state index in [1.807, 2.05) is 36.4 Å². The second-order valence-electron chi connectivity index (χ2n) is 7.53. The minimum atomic E-state index is -0.968. The van der Waals surface area contributed by atoms with Gasteiger partial charge in [0.05, 0.1) is 11.3 Å². The first-order chi connectivity index (χ1) is 13.9. The molecule has 5 nitrogen and oxygen atoms in total. The molecular weight excluding hydrogens is 362 g/mol. The monoisotopic (exact) mass is 389 g/mol. The zero-order chi connectivity index (χ0) is 21.0. The van der Waals surface area contributed by atoms with Crippen LogP contribution in [0.3, 0.4) is 0 Å². The van der Waals surface area contributed by atoms with Crippen LogP contribution in [0.4, 0.5) is 0 Å². The van der Waals surface area contributed by atoms with Gasteiger partial charge in [0.2, 0.25) is 0 Å². The van der Waals surface area contributed by atoms with Crippen LogP contribution in [0.1, 0.15) is 41.0 Å². The second kappa shape index (κ2) is 8.99. The van der Waals surface area contributed by atoms with Gasteiger partial charge in [-0.25, -0.2) is 4.79 Å². The van der Waals surface area contributed by atoms with Gasteiger partial charge in [-0.3, -0.25) is 4.98 Å². The van der Waals surface area contributed by atoms with Crippen molar-refractivity contribution in [3.63, 3.8) is 0 Å². The van der Waals surface area contributed by atoms with Crippen molar-refractivity contribution in [2.75, 3.05) is 0 Å². The lowest BCUT2D eigenvalue weighted by Crippen LogP contribution is -2.11. The molecular formula is C24H27N3O2. The highest BCUT2D eigenvalue weighted by molar-refractivity contribution is 5.96. The molecule has 150 valence electrons. The molecule has 0 aliphatic rings. The van der Waals surface area contributed by atoms with Crippen LogP contribution in [0.15, 0.2) is 54.6 Å². The molecule has 0 spiro atoms. The zero-order valence-corrected chi connectivity index (χ0v) is 16.9. The van der Waals surface area contributed by atoms with Crippen molar-refractivity contribution in [1.29, 1.82) is 0 Å². The average Bonchev–Trinajstić information content (AvgIpc) is 2.72. The van der Waals surface area contributed by atoms with E-state index >= 15 is 0 Å². The predicted octanol–water partition coefficient (Wildman–Crippen LogP) is 4.23. The molecule has 0 aliphatic heterocycles. The molecule has 2 aromatic carbocycles. The predicted molar refractivity (Wildman–Crippen MR) is 116 cm³/mol. The number of pyridine rings is 1. The number of aromatic nitrogens is 1. The van der Waals surface area contributed by atoms with E-state index in [0.717, 1.165) is 34.4 Å². The molecule has 0 aliphatic carbocycles. The Bertz CT molecular complexity index is 1010. The molecule has 0 amide bonds. The van der Waals surface area contributed by atoms with Crippen LogP contribution in [-0.2, 0) is 19.5 Å². The second-order valence-corrected chi connectivity index (χ2v) is 7.53. The summed E-state index contributed by atoms with van der Waals surface area (Å²) in [6, 6.07) is 17.0. The normalized spacial score (nSPS) is 11.1. The van der Waals surface area contributed by atoms with Crippen molar-refractivity contribution in [3.8, 4) is 22.4 Å². The number of benzene rings is 2. The number of hydrogen-bond acceptors (Lipinski definition) is 4. The average molecular weight is 389 g/mol. The van der Waals surface area contributed by atoms with E-state index in [-0.39, 0.29) is 5.56 Å². The van der Waals surface area contributed by atoms with E-state index in [1.165, 1.54) is 0 Å². The van der Waals surface area contributed by atoms with E-state index in [0.29, 0.717) is 30.3 Å². The fourth-order valence-electron chi connectivity index (χ4n) is 3.52. The third-order valence-corrected chi connectivity index (χ3v) is 4.95. The summed E-state index contributed by atoms with van der Waals surface area (Å²) in [5, 5.41) is 9.63. The first-order valence-corrected chi connectivity index (χ1v) is 9.79. The highest BCUT2D eigenvalue weighted by Crippen LogP contribution is 2.32. The molecule has 3 aromatic rings. The first kappa shape index (κ1) is 20.7. The number of nitrogens with zero attached hydrogens (tertiary/aromatic N) is 1. The number of rotatable bonds is 7. The summed E-state index contributed by atoms with van der Waals surface area (Å²) in [5.41, 5.74) is 18.3. The molecule has 5 heteroatoms. The van der Waals surface area contributed by atoms with Gasteiger partial charge in [-0.05, 0) is 46.7 Å². The van der Waals surface area contributed by atoms with Gasteiger partial charge in [-0.1, -0.05) is 56.3 Å². The number of aromatic carboxylic acids is 1. The largest absolute Gasteiger partial charge is 0.478 e. The Morgan fingerprint density at radius 1 is 1.00 bits per heavy atom. The Morgan fingerprint density at radius 3 is 2.28 bits per heavy atom. The van der Waals surface area contributed by atoms with Gasteiger partial charge in [0.25, 0.3) is 0 Å². The van der Waals surface area contributed by atoms with E-state index in [4.69, 9.17) is 16.5 Å². The van der Waals surface area contributed by atoms with Crippen LogP contribution >= 0.6 is 0 Å². The molecule has 1 aromatic heterocycles. The van der Waals surface area contributed by atoms with E-state index < -0.39 is 5.97 Å². The lowest BCUT2D eigenvalue weighted by atomic mass is 9.92. The van der Waals surface area contributed by atoms with Gasteiger partial charge < -0.3 is 16.6 Å². The molecule has 0 radical (unpaired) electrons. The number of hydrogen-bond donors (Lipinski definition) is 3. The summed E-state index contributed by atoms with van der Waals surface area (Å²) < 4.78 is 0. The minimum absolute atomic E-state index is 0.237. The van der Waals surface area contributed by atoms with Crippen LogP contribution in [-0.4, -0.2) is 16.1 Å². The number of carboxylic acid groups (broad SMARTS) is 1. The van der Waals surface area contributed by atoms with E-state index in [9.17, 15) is 9.90 Å². The smallest absolute Gasteiger partial charge is 0.336 e. The SMILES string of the molecule is CC(C)Cc1nc(-c2ccccc2C(=O)O)cc(-c2ccc(CN)cc2)c1CN. The van der Waals surface area contributed by atoms with Crippen LogP contribution in [0, 0.1) is 5.92 Å². The van der Waals surface area contributed by atoms with Crippen LogP contribution in [0.2, 0.25) is 0 Å². The minimum Gasteiger partial charge on any atom is -0.478 e. The number of carboxylic acids is 1. The first-order valence-electron chi connectivity index (χ1n) is 9.79. The van der Waals surface area contributed by atoms with Crippen molar-refractivity contribution in [3.05, 3.63) is 77.0 Å². The van der Waals surface area contributed by atoms with Crippen molar-refractivity contribution in [2.24, 2.45) is 17.4 Å². The van der Waals surface area contributed by atoms with Gasteiger partial charge in [-0.2, -0.15) is 0 Å². The Kier molecular flexibility index (Phi) is 6.42. The summed E-state index contributed by atoms with van der Waals surface area (Å²) in [6.07, 6.45) is 0.767. The molecule has 0 saturated heterocycles. The maximum Gasteiger partial charge on any atom is 0.336 e. The zero-order valence-electron chi connectivity index (χ0n) is 16.9. The molecule has 5 N–H and O–H groups in total. The molecule has 29 heavy (non-hydrogen) atoms. The van der Waals surface area contributed by atoms with Gasteiger partial charge >= 0.3 is 5.97 Å². The van der Waals surface area contributed by atoms with Crippen molar-refractivity contribution in [1.82, 2.24) is 4.98 Å². The van der Waals surface area contributed by atoms with Crippen LogP contribution in [0.5, 0.6) is 0 Å². The maximum absolute atomic E-state index is 11.7. The van der Waals surface area contributed by atoms with Gasteiger partial charge in [0, 0.05) is 24.3 Å². The number of carbonyl (C=O) groups is 1. The van der Waals surface area contributed by atoms with Crippen molar-refractivity contribution in [2.45, 2.75) is 33.4 Å². The van der Waals surface area contributed by atoms with Crippen molar-refractivity contribution < 1.29 is 9.90 Å². The fraction of sp³-hybridized carbons (Fsp3) is 0.250. The third-order valence-electron chi connectivity index (χ3n) is 4.95. The van der Waals surface area contributed by atoms with Gasteiger partial charge in [0.1, 0.15) is 0 Å². The Morgan fingerprint density at radius 2 is 1.69 bits per heavy atom. The highest BCUT2D eigenvalue weighted by Gasteiger charge is 2.18. The summed E-state index contributed by atoms with van der Waals surface area (Å²) >= 11 is 0. The third kappa shape index (κ3) is 4.53. The lowest BCUT2D eigenvalue weighted by Gasteiger charge is -2.18. The Labute approximate surface area is 171 Å². The fourth-order valence-corrected chi connectivity index (χ4v) is 3.52. The molecule has 0 bridgehead atoms. The molecule has 0 unspecified atom stereocenters. The summed E-state index contributed by atoms with van der Waals surface area (Å²) in [6.45, 7) is 5.12. The molecule has 3 rings (SSSR count). The lowest BCUT2D eigenvalue weighted by molar-refractivity contribution is 0.0697. The Balaban J connectivity index is 2.26. The van der Waals surface area contributed by atoms with Crippen LogP contribution in [0.25, 0.3) is 22.4 Å².